The number of rotatable bonds is 9. The van der Waals surface area contributed by atoms with Crippen LogP contribution in [0.2, 0.25) is 0 Å². The molecule has 13 heteroatoms. The van der Waals surface area contributed by atoms with Gasteiger partial charge in [-0.2, -0.15) is 4.98 Å². The number of pyridine rings is 1. The Morgan fingerprint density at radius 1 is 1.00 bits per heavy atom. The molecule has 1 aromatic heterocycles. The normalized spacial score (nSPS) is 24.5. The number of fused-ring (bicyclic) bond motifs is 1. The average Bonchev–Trinajstić information content (AvgIpc) is 3.92. The van der Waals surface area contributed by atoms with Gasteiger partial charge < -0.3 is 29.3 Å². The second kappa shape index (κ2) is 15.4. The van der Waals surface area contributed by atoms with Crippen molar-refractivity contribution in [3.8, 4) is 5.88 Å². The van der Waals surface area contributed by atoms with Crippen molar-refractivity contribution in [2.75, 3.05) is 62.8 Å². The number of anilines is 2. The SMILES string of the molecule is C[C@@H]1CN(CC(=O)N2CCOc3nc(NC(=O)C4CC4)c(CCc4ccc(F)cc4)cc32)[C@@H](CN2[C@H](C)COC[C@H]2C)CN1C(=O)OC(C)(C)C. The summed E-state index contributed by atoms with van der Waals surface area (Å²) >= 11 is 0. The lowest BCUT2D eigenvalue weighted by Crippen LogP contribution is -2.65. The Morgan fingerprint density at radius 2 is 1.71 bits per heavy atom. The average molecular weight is 709 g/mol. The van der Waals surface area contributed by atoms with Gasteiger partial charge >= 0.3 is 6.09 Å². The van der Waals surface area contributed by atoms with E-state index in [1.165, 1.54) is 12.1 Å². The maximum Gasteiger partial charge on any atom is 0.410 e. The van der Waals surface area contributed by atoms with Gasteiger partial charge in [0.2, 0.25) is 17.7 Å². The van der Waals surface area contributed by atoms with Crippen molar-refractivity contribution < 1.29 is 33.0 Å². The van der Waals surface area contributed by atoms with E-state index in [0.717, 1.165) is 24.0 Å². The van der Waals surface area contributed by atoms with Crippen molar-refractivity contribution in [1.29, 1.82) is 0 Å². The number of morpholine rings is 1. The number of hydrogen-bond acceptors (Lipinski definition) is 9. The number of ether oxygens (including phenoxy) is 3. The molecular weight excluding hydrogens is 655 g/mol. The first-order valence-electron chi connectivity index (χ1n) is 18.3. The minimum Gasteiger partial charge on any atom is -0.474 e. The predicted octanol–water partition coefficient (Wildman–Crippen LogP) is 4.50. The summed E-state index contributed by atoms with van der Waals surface area (Å²) < 4.78 is 31.1. The molecule has 0 spiro atoms. The van der Waals surface area contributed by atoms with Crippen LogP contribution >= 0.6 is 0 Å². The molecule has 1 N–H and O–H groups in total. The lowest BCUT2D eigenvalue weighted by molar-refractivity contribution is -0.122. The summed E-state index contributed by atoms with van der Waals surface area (Å²) in [4.78, 5) is 53.4. The third-order valence-corrected chi connectivity index (χ3v) is 10.2. The molecule has 0 radical (unpaired) electrons. The zero-order valence-electron chi connectivity index (χ0n) is 30.8. The van der Waals surface area contributed by atoms with Gasteiger partial charge in [-0.05, 0) is 96.6 Å². The first kappa shape index (κ1) is 37.0. The Labute approximate surface area is 300 Å². The van der Waals surface area contributed by atoms with Crippen molar-refractivity contribution >= 4 is 29.4 Å². The van der Waals surface area contributed by atoms with Gasteiger partial charge in [0.15, 0.2) is 0 Å². The number of carbonyl (C=O) groups is 3. The summed E-state index contributed by atoms with van der Waals surface area (Å²) in [5, 5.41) is 3.00. The molecule has 0 unspecified atom stereocenters. The number of amides is 3. The maximum absolute atomic E-state index is 14.3. The molecule has 1 aliphatic carbocycles. The lowest BCUT2D eigenvalue weighted by Gasteiger charge is -2.49. The van der Waals surface area contributed by atoms with E-state index in [4.69, 9.17) is 19.2 Å². The van der Waals surface area contributed by atoms with Gasteiger partial charge in [-0.25, -0.2) is 9.18 Å². The molecule has 2 aromatic rings. The number of halogens is 1. The van der Waals surface area contributed by atoms with Crippen LogP contribution in [0.4, 0.5) is 20.7 Å². The molecule has 3 aliphatic heterocycles. The summed E-state index contributed by atoms with van der Waals surface area (Å²) in [6.45, 7) is 15.5. The Kier molecular flexibility index (Phi) is 11.2. The number of hydrogen-bond donors (Lipinski definition) is 1. The van der Waals surface area contributed by atoms with E-state index >= 15 is 0 Å². The smallest absolute Gasteiger partial charge is 0.410 e. The highest BCUT2D eigenvalue weighted by molar-refractivity contribution is 5.98. The van der Waals surface area contributed by atoms with E-state index in [1.807, 2.05) is 33.8 Å². The Bertz CT molecular complexity index is 1570. The van der Waals surface area contributed by atoms with Crippen LogP contribution in [0.5, 0.6) is 5.88 Å². The number of nitrogens with one attached hydrogen (secondary N) is 1. The quantitative estimate of drug-likeness (QED) is 0.402. The van der Waals surface area contributed by atoms with Crippen molar-refractivity contribution in [2.45, 2.75) is 97.0 Å². The fraction of sp³-hybridized carbons (Fsp3) is 0.632. The van der Waals surface area contributed by atoms with E-state index in [1.54, 1.807) is 21.9 Å². The molecule has 4 aliphatic rings. The molecule has 3 amide bonds. The van der Waals surface area contributed by atoms with Crippen LogP contribution < -0.4 is 15.0 Å². The zero-order chi connectivity index (χ0) is 36.4. The third-order valence-electron chi connectivity index (χ3n) is 10.2. The number of aromatic nitrogens is 1. The topological polar surface area (TPSA) is 117 Å². The Morgan fingerprint density at radius 3 is 2.37 bits per heavy atom. The van der Waals surface area contributed by atoms with Gasteiger partial charge in [0.25, 0.3) is 0 Å². The van der Waals surface area contributed by atoms with Gasteiger partial charge in [-0.1, -0.05) is 12.1 Å². The predicted molar refractivity (Wildman–Crippen MR) is 191 cm³/mol. The molecule has 278 valence electrons. The highest BCUT2D eigenvalue weighted by Crippen LogP contribution is 2.36. The molecule has 1 aromatic carbocycles. The third kappa shape index (κ3) is 9.17. The Balaban J connectivity index is 1.24. The molecule has 4 atom stereocenters. The summed E-state index contributed by atoms with van der Waals surface area (Å²) in [7, 11) is 0. The summed E-state index contributed by atoms with van der Waals surface area (Å²) in [6.07, 6.45) is 2.49. The first-order valence-corrected chi connectivity index (χ1v) is 18.3. The van der Waals surface area contributed by atoms with E-state index in [0.29, 0.717) is 69.6 Å². The number of aryl methyl sites for hydroxylation is 2. The van der Waals surface area contributed by atoms with Crippen LogP contribution in [0.15, 0.2) is 30.3 Å². The van der Waals surface area contributed by atoms with Crippen LogP contribution in [0.3, 0.4) is 0 Å². The Hall–Kier alpha value is -3.81. The monoisotopic (exact) mass is 708 g/mol. The number of benzene rings is 1. The minimum atomic E-state index is -0.622. The fourth-order valence-electron chi connectivity index (χ4n) is 7.18. The van der Waals surface area contributed by atoms with Gasteiger partial charge in [0.1, 0.15) is 29.5 Å². The van der Waals surface area contributed by atoms with Crippen molar-refractivity contribution in [1.82, 2.24) is 19.7 Å². The molecular formula is C38H53FN6O6. The molecule has 6 rings (SSSR count). The molecule has 1 saturated carbocycles. The van der Waals surface area contributed by atoms with Crippen molar-refractivity contribution in [2.24, 2.45) is 5.92 Å². The second-order valence-electron chi connectivity index (χ2n) is 15.6. The lowest BCUT2D eigenvalue weighted by atomic mass is 10.0. The maximum atomic E-state index is 14.3. The van der Waals surface area contributed by atoms with Crippen LogP contribution in [0.25, 0.3) is 0 Å². The number of piperazine rings is 1. The highest BCUT2D eigenvalue weighted by Gasteiger charge is 2.41. The summed E-state index contributed by atoms with van der Waals surface area (Å²) in [5.41, 5.74) is 1.68. The number of nitrogens with zero attached hydrogens (tertiary/aromatic N) is 5. The molecule has 3 fully saturated rings. The molecule has 51 heavy (non-hydrogen) atoms. The minimum absolute atomic E-state index is 0.0127. The van der Waals surface area contributed by atoms with Crippen LogP contribution in [-0.4, -0.2) is 120 Å². The molecule has 2 saturated heterocycles. The van der Waals surface area contributed by atoms with E-state index < -0.39 is 5.60 Å². The molecule has 4 heterocycles. The summed E-state index contributed by atoms with van der Waals surface area (Å²) in [5.74, 6) is 0.274. The van der Waals surface area contributed by atoms with Gasteiger partial charge in [0.05, 0.1) is 26.3 Å². The summed E-state index contributed by atoms with van der Waals surface area (Å²) in [6, 6.07) is 8.38. The number of carbonyl (C=O) groups excluding carboxylic acids is 3. The molecule has 12 nitrogen and oxygen atoms in total. The van der Waals surface area contributed by atoms with Crippen LogP contribution in [0.1, 0.15) is 65.5 Å². The van der Waals surface area contributed by atoms with E-state index in [9.17, 15) is 18.8 Å². The highest BCUT2D eigenvalue weighted by atomic mass is 19.1. The van der Waals surface area contributed by atoms with Gasteiger partial charge in [-0.15, -0.1) is 0 Å². The largest absolute Gasteiger partial charge is 0.474 e. The second-order valence-corrected chi connectivity index (χ2v) is 15.6. The van der Waals surface area contributed by atoms with Crippen LogP contribution in [0, 0.1) is 11.7 Å². The van der Waals surface area contributed by atoms with Crippen LogP contribution in [-0.2, 0) is 31.9 Å². The van der Waals surface area contributed by atoms with E-state index in [-0.39, 0.29) is 67.0 Å². The van der Waals surface area contributed by atoms with Gasteiger partial charge in [0, 0.05) is 49.7 Å². The van der Waals surface area contributed by atoms with Gasteiger partial charge in [-0.3, -0.25) is 19.4 Å². The van der Waals surface area contributed by atoms with Crippen molar-refractivity contribution in [3.05, 3.63) is 47.3 Å². The molecule has 0 bridgehead atoms. The first-order chi connectivity index (χ1) is 24.3. The fourth-order valence-corrected chi connectivity index (χ4v) is 7.18. The van der Waals surface area contributed by atoms with Crippen molar-refractivity contribution in [3.63, 3.8) is 0 Å². The van der Waals surface area contributed by atoms with E-state index in [2.05, 4.69) is 29.0 Å². The standard InChI is InChI=1S/C38H53FN6O6/c1-24-18-42(31(19-44-25(2)22-49-23-26(44)3)20-45(24)37(48)51-38(4,5)6)21-33(46)43-15-16-50-36-32(43)17-29(10-7-27-8-13-30(39)14-9-27)34(41-36)40-35(47)28-11-12-28/h8-9,13-14,17,24-26,28,31H,7,10-12,15-16,18-23H2,1-6H3,(H,40,41,47)/t24-,25-,26-,31+/m1/s1. The zero-order valence-corrected chi connectivity index (χ0v) is 30.8.